The molecule has 0 aliphatic rings. The zero-order valence-corrected chi connectivity index (χ0v) is 10.1. The zero-order valence-electron chi connectivity index (χ0n) is 10.1. The monoisotopic (exact) mass is 225 g/mol. The van der Waals surface area contributed by atoms with Gasteiger partial charge in [-0.05, 0) is 13.3 Å². The Hall–Kier alpha value is -1.36. The van der Waals surface area contributed by atoms with Gasteiger partial charge < -0.3 is 9.64 Å². The lowest BCUT2D eigenvalue weighted by molar-refractivity contribution is -0.131. The summed E-state index contributed by atoms with van der Waals surface area (Å²) in [6.07, 6.45) is 4.92. The number of ether oxygens (including phenoxy) is 1. The van der Waals surface area contributed by atoms with E-state index in [1.165, 1.54) is 0 Å². The van der Waals surface area contributed by atoms with E-state index in [-0.39, 0.29) is 12.0 Å². The molecule has 0 radical (unpaired) electrons. The Morgan fingerprint density at radius 1 is 1.69 bits per heavy atom. The van der Waals surface area contributed by atoms with Gasteiger partial charge in [-0.25, -0.2) is 0 Å². The minimum Gasteiger partial charge on any atom is -0.382 e. The molecular weight excluding hydrogens is 206 g/mol. The number of hydrogen-bond donors (Lipinski definition) is 1. The number of hydrogen-bond acceptors (Lipinski definition) is 3. The molecule has 0 saturated heterocycles. The number of H-pyrrole nitrogens is 1. The van der Waals surface area contributed by atoms with Crippen LogP contribution >= 0.6 is 0 Å². The molecule has 0 bridgehead atoms. The van der Waals surface area contributed by atoms with Crippen LogP contribution in [0.1, 0.15) is 25.3 Å². The van der Waals surface area contributed by atoms with E-state index in [9.17, 15) is 4.79 Å². The minimum atomic E-state index is 0.130. The maximum absolute atomic E-state index is 11.7. The van der Waals surface area contributed by atoms with E-state index in [2.05, 4.69) is 10.2 Å². The molecule has 0 aliphatic heterocycles. The van der Waals surface area contributed by atoms with Crippen molar-refractivity contribution in [2.75, 3.05) is 14.2 Å². The van der Waals surface area contributed by atoms with Crippen LogP contribution in [-0.4, -0.2) is 41.3 Å². The minimum absolute atomic E-state index is 0.130. The van der Waals surface area contributed by atoms with Crippen LogP contribution in [0.5, 0.6) is 0 Å². The predicted octanol–water partition coefficient (Wildman–Crippen LogP) is 1.18. The summed E-state index contributed by atoms with van der Waals surface area (Å²) in [7, 11) is 3.46. The predicted molar refractivity (Wildman–Crippen MR) is 60.8 cm³/mol. The van der Waals surface area contributed by atoms with Gasteiger partial charge in [0.25, 0.3) is 0 Å². The summed E-state index contributed by atoms with van der Waals surface area (Å²) in [6, 6.07) is 0. The van der Waals surface area contributed by atoms with E-state index < -0.39 is 0 Å². The number of carbonyl (C=O) groups excluding carboxylic acids is 1. The maximum Gasteiger partial charge on any atom is 0.222 e. The number of methoxy groups -OCH3 is 1. The molecule has 5 heteroatoms. The number of carbonyl (C=O) groups is 1. The Kier molecular flexibility index (Phi) is 4.98. The van der Waals surface area contributed by atoms with Crippen LogP contribution in [0.4, 0.5) is 0 Å². The second kappa shape index (κ2) is 6.27. The molecule has 0 spiro atoms. The average Bonchev–Trinajstić information content (AvgIpc) is 2.77. The number of nitrogens with one attached hydrogen (secondary N) is 1. The summed E-state index contributed by atoms with van der Waals surface area (Å²) in [4.78, 5) is 13.4. The molecule has 0 fully saturated rings. The molecule has 1 aromatic heterocycles. The lowest BCUT2D eigenvalue weighted by atomic mass is 10.2. The third-order valence-electron chi connectivity index (χ3n) is 2.57. The second-order valence-corrected chi connectivity index (χ2v) is 3.94. The topological polar surface area (TPSA) is 58.2 Å². The molecule has 0 aliphatic carbocycles. The van der Waals surface area contributed by atoms with Crippen LogP contribution in [0, 0.1) is 0 Å². The Balaban J connectivity index is 2.31. The van der Waals surface area contributed by atoms with E-state index in [1.807, 2.05) is 6.92 Å². The van der Waals surface area contributed by atoms with E-state index in [1.54, 1.807) is 31.5 Å². The summed E-state index contributed by atoms with van der Waals surface area (Å²) >= 11 is 0. The van der Waals surface area contributed by atoms with Gasteiger partial charge in [0.1, 0.15) is 0 Å². The summed E-state index contributed by atoms with van der Waals surface area (Å²) in [5.74, 6) is 0.130. The molecule has 1 aromatic rings. The fourth-order valence-electron chi connectivity index (χ4n) is 1.36. The second-order valence-electron chi connectivity index (χ2n) is 3.94. The average molecular weight is 225 g/mol. The lowest BCUT2D eigenvalue weighted by Crippen LogP contribution is -2.26. The highest BCUT2D eigenvalue weighted by Crippen LogP contribution is 2.05. The molecule has 90 valence electrons. The van der Waals surface area contributed by atoms with Crippen molar-refractivity contribution >= 4 is 5.91 Å². The Bertz CT molecular complexity index is 311. The van der Waals surface area contributed by atoms with Crippen molar-refractivity contribution in [3.05, 3.63) is 18.0 Å². The van der Waals surface area contributed by atoms with Crippen LogP contribution in [0.15, 0.2) is 12.4 Å². The maximum atomic E-state index is 11.7. The third kappa shape index (κ3) is 4.02. The van der Waals surface area contributed by atoms with Crippen LogP contribution in [0.2, 0.25) is 0 Å². The first-order chi connectivity index (χ1) is 7.63. The molecule has 1 N–H and O–H groups in total. The summed E-state index contributed by atoms with van der Waals surface area (Å²) in [5.41, 5.74) is 1.01. The number of aromatic nitrogens is 2. The van der Waals surface area contributed by atoms with Gasteiger partial charge >= 0.3 is 0 Å². The normalized spacial score (nSPS) is 12.4. The van der Waals surface area contributed by atoms with Gasteiger partial charge in [-0.1, -0.05) is 0 Å². The van der Waals surface area contributed by atoms with Crippen LogP contribution < -0.4 is 0 Å². The molecule has 1 unspecified atom stereocenters. The fraction of sp³-hybridized carbons (Fsp3) is 0.636. The molecule has 0 aromatic carbocycles. The van der Waals surface area contributed by atoms with Gasteiger partial charge in [0.2, 0.25) is 5.91 Å². The Morgan fingerprint density at radius 3 is 3.00 bits per heavy atom. The van der Waals surface area contributed by atoms with E-state index in [4.69, 9.17) is 4.74 Å². The van der Waals surface area contributed by atoms with Crippen LogP contribution in [-0.2, 0) is 16.1 Å². The standard InChI is InChI=1S/C11H19N3O2/c1-9(16-3)4-5-11(15)14(2)8-10-6-12-13-7-10/h6-7,9H,4-5,8H2,1-3H3,(H,12,13). The molecule has 5 nitrogen and oxygen atoms in total. The smallest absolute Gasteiger partial charge is 0.222 e. The summed E-state index contributed by atoms with van der Waals surface area (Å²) in [6.45, 7) is 2.56. The van der Waals surface area contributed by atoms with Crippen molar-refractivity contribution in [2.24, 2.45) is 0 Å². The molecule has 1 amide bonds. The molecule has 16 heavy (non-hydrogen) atoms. The molecule has 0 saturated carbocycles. The SMILES string of the molecule is COC(C)CCC(=O)N(C)Cc1cn[nH]c1. The van der Waals surface area contributed by atoms with E-state index >= 15 is 0 Å². The third-order valence-corrected chi connectivity index (χ3v) is 2.57. The van der Waals surface area contributed by atoms with Crippen molar-refractivity contribution in [3.63, 3.8) is 0 Å². The summed E-state index contributed by atoms with van der Waals surface area (Å²) < 4.78 is 5.10. The largest absolute Gasteiger partial charge is 0.382 e. The molecule has 1 atom stereocenters. The molecular formula is C11H19N3O2. The quantitative estimate of drug-likeness (QED) is 0.791. The van der Waals surface area contributed by atoms with Crippen LogP contribution in [0.25, 0.3) is 0 Å². The Labute approximate surface area is 95.8 Å². The number of amides is 1. The van der Waals surface area contributed by atoms with Gasteiger partial charge in [0, 0.05) is 38.9 Å². The highest BCUT2D eigenvalue weighted by Gasteiger charge is 2.11. The first-order valence-electron chi connectivity index (χ1n) is 5.38. The summed E-state index contributed by atoms with van der Waals surface area (Å²) in [5, 5.41) is 6.56. The number of nitrogens with zero attached hydrogens (tertiary/aromatic N) is 2. The van der Waals surface area contributed by atoms with Crippen molar-refractivity contribution in [3.8, 4) is 0 Å². The molecule has 1 heterocycles. The first kappa shape index (κ1) is 12.7. The highest BCUT2D eigenvalue weighted by atomic mass is 16.5. The molecule has 1 rings (SSSR count). The van der Waals surface area contributed by atoms with Crippen LogP contribution in [0.3, 0.4) is 0 Å². The van der Waals surface area contributed by atoms with Gasteiger partial charge in [0.15, 0.2) is 0 Å². The lowest BCUT2D eigenvalue weighted by Gasteiger charge is -2.17. The number of rotatable bonds is 6. The van der Waals surface area contributed by atoms with E-state index in [0.29, 0.717) is 13.0 Å². The Morgan fingerprint density at radius 2 is 2.44 bits per heavy atom. The van der Waals surface area contributed by atoms with Gasteiger partial charge in [-0.15, -0.1) is 0 Å². The van der Waals surface area contributed by atoms with Crippen molar-refractivity contribution in [2.45, 2.75) is 32.4 Å². The van der Waals surface area contributed by atoms with Crippen molar-refractivity contribution < 1.29 is 9.53 Å². The van der Waals surface area contributed by atoms with Gasteiger partial charge in [-0.3, -0.25) is 9.89 Å². The fourth-order valence-corrected chi connectivity index (χ4v) is 1.36. The van der Waals surface area contributed by atoms with Crippen molar-refractivity contribution in [1.29, 1.82) is 0 Å². The van der Waals surface area contributed by atoms with Gasteiger partial charge in [0.05, 0.1) is 12.3 Å². The van der Waals surface area contributed by atoms with Gasteiger partial charge in [-0.2, -0.15) is 5.10 Å². The first-order valence-corrected chi connectivity index (χ1v) is 5.38. The highest BCUT2D eigenvalue weighted by molar-refractivity contribution is 5.75. The van der Waals surface area contributed by atoms with E-state index in [0.717, 1.165) is 12.0 Å². The number of aromatic amines is 1. The zero-order chi connectivity index (χ0) is 12.0. The van der Waals surface area contributed by atoms with Crippen molar-refractivity contribution in [1.82, 2.24) is 15.1 Å².